The van der Waals surface area contributed by atoms with Gasteiger partial charge in [0, 0.05) is 0 Å². The highest BCUT2D eigenvalue weighted by molar-refractivity contribution is 5.77. The van der Waals surface area contributed by atoms with E-state index >= 15 is 0 Å². The highest BCUT2D eigenvalue weighted by Gasteiger charge is 2.35. The zero-order valence-corrected chi connectivity index (χ0v) is 9.35. The molecule has 1 aromatic heterocycles. The number of H-pyrrole nitrogens is 1. The summed E-state index contributed by atoms with van der Waals surface area (Å²) in [6, 6.07) is 0. The van der Waals surface area contributed by atoms with Gasteiger partial charge in [-0.2, -0.15) is 0 Å². The lowest BCUT2D eigenvalue weighted by atomic mass is 9.90. The topological polar surface area (TPSA) is 80.8 Å². The van der Waals surface area contributed by atoms with Crippen molar-refractivity contribution in [3.8, 4) is 0 Å². The van der Waals surface area contributed by atoms with Crippen LogP contribution in [0.15, 0.2) is 0 Å². The minimum absolute atomic E-state index is 0.215. The number of aromatic nitrogens is 4. The maximum Gasteiger partial charge on any atom is 0.317 e. The van der Waals surface area contributed by atoms with Crippen molar-refractivity contribution in [3.63, 3.8) is 0 Å². The lowest BCUT2D eigenvalue weighted by Crippen LogP contribution is -2.23. The quantitative estimate of drug-likeness (QED) is 0.773. The van der Waals surface area contributed by atoms with E-state index in [4.69, 9.17) is 4.74 Å². The van der Waals surface area contributed by atoms with Crippen LogP contribution in [-0.2, 0) is 9.53 Å². The van der Waals surface area contributed by atoms with Crippen molar-refractivity contribution in [1.29, 1.82) is 0 Å². The van der Waals surface area contributed by atoms with Crippen molar-refractivity contribution < 1.29 is 9.53 Å². The highest BCUT2D eigenvalue weighted by atomic mass is 16.5. The van der Waals surface area contributed by atoms with Gasteiger partial charge in [0.1, 0.15) is 5.92 Å². The minimum atomic E-state index is -0.322. The Kier molecular flexibility index (Phi) is 3.48. The molecule has 1 heterocycles. The molecule has 0 aromatic carbocycles. The third kappa shape index (κ3) is 2.20. The number of ether oxygens (including phenoxy) is 1. The van der Waals surface area contributed by atoms with Gasteiger partial charge in [0.15, 0.2) is 5.82 Å². The number of tetrazole rings is 1. The van der Waals surface area contributed by atoms with E-state index in [9.17, 15) is 4.79 Å². The summed E-state index contributed by atoms with van der Waals surface area (Å²) in [5, 5.41) is 13.6. The lowest BCUT2D eigenvalue weighted by Gasteiger charge is -2.18. The van der Waals surface area contributed by atoms with E-state index in [0.717, 1.165) is 12.8 Å². The predicted molar refractivity (Wildman–Crippen MR) is 55.5 cm³/mol. The van der Waals surface area contributed by atoms with Crippen LogP contribution in [0, 0.1) is 5.92 Å². The summed E-state index contributed by atoms with van der Waals surface area (Å²) in [5.41, 5.74) is 0. The van der Waals surface area contributed by atoms with Crippen LogP contribution in [0.4, 0.5) is 0 Å². The first-order chi connectivity index (χ1) is 7.83. The number of hydrogen-bond donors (Lipinski definition) is 1. The van der Waals surface area contributed by atoms with Gasteiger partial charge in [0.2, 0.25) is 0 Å². The third-order valence-electron chi connectivity index (χ3n) is 3.07. The lowest BCUT2D eigenvalue weighted by molar-refractivity contribution is -0.146. The fraction of sp³-hybridized carbons (Fsp3) is 0.800. The number of nitrogens with zero attached hydrogens (tertiary/aromatic N) is 3. The van der Waals surface area contributed by atoms with Gasteiger partial charge >= 0.3 is 5.97 Å². The van der Waals surface area contributed by atoms with Crippen molar-refractivity contribution in [1.82, 2.24) is 20.6 Å². The molecule has 6 heteroatoms. The summed E-state index contributed by atoms with van der Waals surface area (Å²) >= 11 is 0. The fourth-order valence-corrected chi connectivity index (χ4v) is 2.35. The van der Waals surface area contributed by atoms with Crippen molar-refractivity contribution >= 4 is 5.97 Å². The molecular formula is C10H16N4O2. The maximum absolute atomic E-state index is 11.9. The average molecular weight is 224 g/mol. The van der Waals surface area contributed by atoms with E-state index in [-0.39, 0.29) is 11.9 Å². The molecule has 6 nitrogen and oxygen atoms in total. The van der Waals surface area contributed by atoms with E-state index in [1.54, 1.807) is 0 Å². The van der Waals surface area contributed by atoms with Gasteiger partial charge in [0.05, 0.1) is 6.61 Å². The largest absolute Gasteiger partial charge is 0.465 e. The van der Waals surface area contributed by atoms with Crippen LogP contribution < -0.4 is 0 Å². The summed E-state index contributed by atoms with van der Waals surface area (Å²) < 4.78 is 5.09. The number of aromatic amines is 1. The molecule has 1 aliphatic rings. The number of nitrogens with one attached hydrogen (secondary N) is 1. The first-order valence-electron chi connectivity index (χ1n) is 5.73. The Balaban J connectivity index is 2.15. The Hall–Kier alpha value is -1.46. The van der Waals surface area contributed by atoms with Crippen molar-refractivity contribution in [2.24, 2.45) is 5.92 Å². The molecule has 0 spiro atoms. The first-order valence-corrected chi connectivity index (χ1v) is 5.73. The molecular weight excluding hydrogens is 208 g/mol. The Morgan fingerprint density at radius 1 is 1.56 bits per heavy atom. The number of carbonyl (C=O) groups is 1. The van der Waals surface area contributed by atoms with Crippen LogP contribution in [0.3, 0.4) is 0 Å². The predicted octanol–water partition coefficient (Wildman–Crippen LogP) is 1.04. The molecule has 0 bridgehead atoms. The first kappa shape index (κ1) is 11.0. The normalized spacial score (nSPS) is 18.6. The number of esters is 1. The molecule has 1 N–H and O–H groups in total. The number of rotatable bonds is 4. The number of hydrogen-bond acceptors (Lipinski definition) is 5. The number of carbonyl (C=O) groups excluding carboxylic acids is 1. The maximum atomic E-state index is 11.9. The average Bonchev–Trinajstić information content (AvgIpc) is 2.91. The SMILES string of the molecule is CCOC(=O)C(c1nnn[nH]1)C1CCCC1. The smallest absolute Gasteiger partial charge is 0.317 e. The Morgan fingerprint density at radius 2 is 2.31 bits per heavy atom. The zero-order chi connectivity index (χ0) is 11.4. The summed E-state index contributed by atoms with van der Waals surface area (Å²) in [6.45, 7) is 2.20. The van der Waals surface area contributed by atoms with Crippen LogP contribution in [-0.4, -0.2) is 33.2 Å². The van der Waals surface area contributed by atoms with Gasteiger partial charge in [-0.05, 0) is 36.1 Å². The van der Waals surface area contributed by atoms with Crippen molar-refractivity contribution in [2.45, 2.75) is 38.5 Å². The van der Waals surface area contributed by atoms with E-state index in [1.165, 1.54) is 12.8 Å². The summed E-state index contributed by atoms with van der Waals surface area (Å²) in [4.78, 5) is 11.9. The molecule has 1 aromatic rings. The Morgan fingerprint density at radius 3 is 2.88 bits per heavy atom. The molecule has 1 aliphatic carbocycles. The van der Waals surface area contributed by atoms with Crippen molar-refractivity contribution in [3.05, 3.63) is 5.82 Å². The van der Waals surface area contributed by atoms with Crippen molar-refractivity contribution in [2.75, 3.05) is 6.61 Å². The molecule has 0 aliphatic heterocycles. The second kappa shape index (κ2) is 5.05. The van der Waals surface area contributed by atoms with E-state index < -0.39 is 0 Å². The summed E-state index contributed by atoms with van der Waals surface area (Å²) in [6.07, 6.45) is 4.43. The van der Waals surface area contributed by atoms with Gasteiger partial charge in [-0.15, -0.1) is 5.10 Å². The zero-order valence-electron chi connectivity index (χ0n) is 9.35. The van der Waals surface area contributed by atoms with Crippen LogP contribution in [0.2, 0.25) is 0 Å². The molecule has 0 saturated heterocycles. The standard InChI is InChI=1S/C10H16N4O2/c1-2-16-10(15)8(7-5-3-4-6-7)9-11-13-14-12-9/h7-8H,2-6H2,1H3,(H,11,12,13,14). The second-order valence-electron chi connectivity index (χ2n) is 4.06. The molecule has 1 fully saturated rings. The van der Waals surface area contributed by atoms with Gasteiger partial charge in [-0.3, -0.25) is 4.79 Å². The van der Waals surface area contributed by atoms with E-state index in [2.05, 4.69) is 20.6 Å². The van der Waals surface area contributed by atoms with Gasteiger partial charge in [-0.1, -0.05) is 12.8 Å². The Labute approximate surface area is 93.8 Å². The molecule has 0 radical (unpaired) electrons. The van der Waals surface area contributed by atoms with Gasteiger partial charge < -0.3 is 4.74 Å². The molecule has 88 valence electrons. The molecule has 1 saturated carbocycles. The monoisotopic (exact) mass is 224 g/mol. The molecule has 1 atom stereocenters. The van der Waals surface area contributed by atoms with E-state index in [0.29, 0.717) is 18.3 Å². The van der Waals surface area contributed by atoms with Gasteiger partial charge in [0.25, 0.3) is 0 Å². The van der Waals surface area contributed by atoms with Crippen LogP contribution in [0.1, 0.15) is 44.3 Å². The highest BCUT2D eigenvalue weighted by Crippen LogP contribution is 2.36. The molecule has 2 rings (SSSR count). The van der Waals surface area contributed by atoms with E-state index in [1.807, 2.05) is 6.92 Å². The Bertz CT molecular complexity index is 333. The van der Waals surface area contributed by atoms with Gasteiger partial charge in [-0.25, -0.2) is 5.10 Å². The van der Waals surface area contributed by atoms with Crippen LogP contribution in [0.25, 0.3) is 0 Å². The molecule has 16 heavy (non-hydrogen) atoms. The second-order valence-corrected chi connectivity index (χ2v) is 4.06. The third-order valence-corrected chi connectivity index (χ3v) is 3.07. The summed E-state index contributed by atoms with van der Waals surface area (Å²) in [5.74, 6) is 0.310. The molecule has 0 amide bonds. The minimum Gasteiger partial charge on any atom is -0.465 e. The fourth-order valence-electron chi connectivity index (χ4n) is 2.35. The molecule has 1 unspecified atom stereocenters. The van der Waals surface area contributed by atoms with Crippen LogP contribution >= 0.6 is 0 Å². The summed E-state index contributed by atoms with van der Waals surface area (Å²) in [7, 11) is 0. The van der Waals surface area contributed by atoms with Crippen LogP contribution in [0.5, 0.6) is 0 Å².